The van der Waals surface area contributed by atoms with E-state index in [0.717, 1.165) is 6.42 Å². The van der Waals surface area contributed by atoms with E-state index in [2.05, 4.69) is 0 Å². The van der Waals surface area contributed by atoms with Crippen molar-refractivity contribution in [2.75, 3.05) is 11.5 Å². The van der Waals surface area contributed by atoms with Crippen molar-refractivity contribution in [1.82, 2.24) is 0 Å². The number of hydrogen-bond acceptors (Lipinski definition) is 4. The zero-order valence-corrected chi connectivity index (χ0v) is 9.38. The van der Waals surface area contributed by atoms with Crippen LogP contribution in [0.2, 0.25) is 0 Å². The highest BCUT2D eigenvalue weighted by Crippen LogP contribution is 2.06. The number of sulfone groups is 1. The molecule has 1 amide bonds. The average molecular weight is 222 g/mol. The van der Waals surface area contributed by atoms with Crippen molar-refractivity contribution in [2.24, 2.45) is 17.4 Å². The van der Waals surface area contributed by atoms with Gasteiger partial charge in [-0.2, -0.15) is 0 Å². The van der Waals surface area contributed by atoms with Gasteiger partial charge in [0.05, 0.1) is 17.5 Å². The number of primary amides is 1. The molecule has 6 heteroatoms. The molecule has 84 valence electrons. The fourth-order valence-corrected chi connectivity index (χ4v) is 2.93. The first kappa shape index (κ1) is 13.4. The van der Waals surface area contributed by atoms with Gasteiger partial charge in [0.2, 0.25) is 5.91 Å². The minimum Gasteiger partial charge on any atom is -0.368 e. The van der Waals surface area contributed by atoms with Crippen LogP contribution in [0.4, 0.5) is 0 Å². The van der Waals surface area contributed by atoms with E-state index >= 15 is 0 Å². The van der Waals surface area contributed by atoms with Crippen LogP contribution in [0, 0.1) is 5.92 Å². The van der Waals surface area contributed by atoms with Gasteiger partial charge in [0.15, 0.2) is 9.84 Å². The van der Waals surface area contributed by atoms with Crippen molar-refractivity contribution >= 4 is 15.7 Å². The minimum absolute atomic E-state index is 0.0600. The van der Waals surface area contributed by atoms with Crippen molar-refractivity contribution in [3.63, 3.8) is 0 Å². The van der Waals surface area contributed by atoms with Crippen LogP contribution in [0.1, 0.15) is 20.3 Å². The Hall–Kier alpha value is -0.620. The van der Waals surface area contributed by atoms with Crippen LogP contribution in [-0.2, 0) is 14.6 Å². The second kappa shape index (κ2) is 5.31. The van der Waals surface area contributed by atoms with Crippen LogP contribution in [0.3, 0.4) is 0 Å². The van der Waals surface area contributed by atoms with Gasteiger partial charge in [-0.05, 0) is 5.92 Å². The van der Waals surface area contributed by atoms with Gasteiger partial charge in [0.25, 0.3) is 0 Å². The molecular weight excluding hydrogens is 204 g/mol. The van der Waals surface area contributed by atoms with E-state index in [4.69, 9.17) is 11.5 Å². The molecule has 0 rings (SSSR count). The van der Waals surface area contributed by atoms with E-state index in [0.29, 0.717) is 0 Å². The molecular formula is C8H18N2O3S. The molecule has 0 aromatic carbocycles. The van der Waals surface area contributed by atoms with Gasteiger partial charge in [-0.15, -0.1) is 0 Å². The fourth-order valence-electron chi connectivity index (χ4n) is 0.975. The van der Waals surface area contributed by atoms with Crippen molar-refractivity contribution in [1.29, 1.82) is 0 Å². The third-order valence-corrected chi connectivity index (χ3v) is 3.98. The average Bonchev–Trinajstić information content (AvgIpc) is 2.02. The molecule has 0 aromatic rings. The molecule has 4 N–H and O–H groups in total. The number of nitrogens with two attached hydrogens (primary N) is 2. The first-order valence-corrected chi connectivity index (χ1v) is 6.36. The van der Waals surface area contributed by atoms with E-state index < -0.39 is 21.8 Å². The lowest BCUT2D eigenvalue weighted by molar-refractivity contribution is -0.118. The SMILES string of the molecule is CCC(C)CS(=O)(=O)CC(N)C(N)=O. The summed E-state index contributed by atoms with van der Waals surface area (Å²) in [6, 6.07) is -1.09. The Balaban J connectivity index is 4.28. The highest BCUT2D eigenvalue weighted by molar-refractivity contribution is 7.91. The maximum atomic E-state index is 11.4. The summed E-state index contributed by atoms with van der Waals surface area (Å²) in [5.74, 6) is -0.991. The van der Waals surface area contributed by atoms with Crippen molar-refractivity contribution in [3.8, 4) is 0 Å². The Kier molecular flexibility index (Phi) is 5.07. The first-order valence-electron chi connectivity index (χ1n) is 4.53. The smallest absolute Gasteiger partial charge is 0.235 e. The van der Waals surface area contributed by atoms with Crippen molar-refractivity contribution in [3.05, 3.63) is 0 Å². The maximum absolute atomic E-state index is 11.4. The molecule has 2 atom stereocenters. The summed E-state index contributed by atoms with van der Waals surface area (Å²) < 4.78 is 22.9. The number of hydrogen-bond donors (Lipinski definition) is 2. The molecule has 14 heavy (non-hydrogen) atoms. The first-order chi connectivity index (χ1) is 6.28. The van der Waals surface area contributed by atoms with E-state index in [-0.39, 0.29) is 17.4 Å². The summed E-state index contributed by atoms with van der Waals surface area (Å²) in [4.78, 5) is 10.6. The summed E-state index contributed by atoms with van der Waals surface area (Å²) in [7, 11) is -3.26. The summed E-state index contributed by atoms with van der Waals surface area (Å²) in [6.45, 7) is 3.75. The van der Waals surface area contributed by atoms with Gasteiger partial charge in [-0.1, -0.05) is 20.3 Å². The quantitative estimate of drug-likeness (QED) is 0.617. The minimum atomic E-state index is -3.26. The zero-order chi connectivity index (χ0) is 11.4. The molecule has 0 aliphatic rings. The summed E-state index contributed by atoms with van der Waals surface area (Å²) in [6.07, 6.45) is 0.783. The second-order valence-corrected chi connectivity index (χ2v) is 5.75. The Bertz CT molecular complexity index is 287. The molecule has 0 aliphatic carbocycles. The zero-order valence-electron chi connectivity index (χ0n) is 8.56. The highest BCUT2D eigenvalue weighted by Gasteiger charge is 2.21. The van der Waals surface area contributed by atoms with Crippen molar-refractivity contribution < 1.29 is 13.2 Å². The Labute approximate surface area is 84.8 Å². The predicted octanol–water partition coefficient (Wildman–Crippen LogP) is -0.740. The Morgan fingerprint density at radius 2 is 1.86 bits per heavy atom. The molecule has 0 radical (unpaired) electrons. The van der Waals surface area contributed by atoms with Gasteiger partial charge >= 0.3 is 0 Å². The van der Waals surface area contributed by atoms with Gasteiger partial charge in [0, 0.05) is 0 Å². The fraction of sp³-hybridized carbons (Fsp3) is 0.875. The highest BCUT2D eigenvalue weighted by atomic mass is 32.2. The van der Waals surface area contributed by atoms with Gasteiger partial charge in [-0.3, -0.25) is 4.79 Å². The molecule has 0 aliphatic heterocycles. The van der Waals surface area contributed by atoms with Crippen LogP contribution >= 0.6 is 0 Å². The molecule has 0 saturated carbocycles. The number of carbonyl (C=O) groups is 1. The van der Waals surface area contributed by atoms with Crippen LogP contribution < -0.4 is 11.5 Å². The van der Waals surface area contributed by atoms with Crippen LogP contribution in [0.5, 0.6) is 0 Å². The van der Waals surface area contributed by atoms with Gasteiger partial charge in [-0.25, -0.2) is 8.42 Å². The third-order valence-electron chi connectivity index (χ3n) is 2.03. The largest absolute Gasteiger partial charge is 0.368 e. The molecule has 0 aromatic heterocycles. The molecule has 0 spiro atoms. The van der Waals surface area contributed by atoms with Gasteiger partial charge < -0.3 is 11.5 Å². The molecule has 5 nitrogen and oxygen atoms in total. The summed E-state index contributed by atoms with van der Waals surface area (Å²) >= 11 is 0. The van der Waals surface area contributed by atoms with Gasteiger partial charge in [0.1, 0.15) is 0 Å². The number of rotatable bonds is 6. The monoisotopic (exact) mass is 222 g/mol. The molecule has 0 saturated heterocycles. The summed E-state index contributed by atoms with van der Waals surface area (Å²) in [5, 5.41) is 0. The molecule has 0 fully saturated rings. The van der Waals surface area contributed by atoms with Crippen LogP contribution in [-0.4, -0.2) is 31.9 Å². The lowest BCUT2D eigenvalue weighted by Gasteiger charge is -2.11. The Morgan fingerprint density at radius 1 is 1.36 bits per heavy atom. The van der Waals surface area contributed by atoms with E-state index in [1.807, 2.05) is 13.8 Å². The maximum Gasteiger partial charge on any atom is 0.235 e. The second-order valence-electron chi connectivity index (χ2n) is 3.60. The molecule has 0 bridgehead atoms. The van der Waals surface area contributed by atoms with E-state index in [9.17, 15) is 13.2 Å². The van der Waals surface area contributed by atoms with Crippen LogP contribution in [0.25, 0.3) is 0 Å². The lowest BCUT2D eigenvalue weighted by Crippen LogP contribution is -2.42. The predicted molar refractivity (Wildman–Crippen MR) is 55.3 cm³/mol. The third kappa shape index (κ3) is 5.18. The summed E-state index contributed by atoms with van der Waals surface area (Å²) in [5.41, 5.74) is 10.1. The number of carbonyl (C=O) groups excluding carboxylic acids is 1. The normalized spacial score (nSPS) is 16.2. The molecule has 0 heterocycles. The topological polar surface area (TPSA) is 103 Å². The van der Waals surface area contributed by atoms with Crippen LogP contribution in [0.15, 0.2) is 0 Å². The van der Waals surface area contributed by atoms with E-state index in [1.165, 1.54) is 0 Å². The molecule has 2 unspecified atom stereocenters. The van der Waals surface area contributed by atoms with Crippen molar-refractivity contribution in [2.45, 2.75) is 26.3 Å². The number of amides is 1. The Morgan fingerprint density at radius 3 is 2.21 bits per heavy atom. The lowest BCUT2D eigenvalue weighted by atomic mass is 10.2. The van der Waals surface area contributed by atoms with E-state index in [1.54, 1.807) is 0 Å². The standard InChI is InChI=1S/C8H18N2O3S/c1-3-6(2)4-14(12,13)5-7(9)8(10)11/h6-7H,3-5,9H2,1-2H3,(H2,10,11).